The lowest BCUT2D eigenvalue weighted by atomic mass is 10.2. The van der Waals surface area contributed by atoms with Crippen LogP contribution >= 0.6 is 0 Å². The van der Waals surface area contributed by atoms with Crippen molar-refractivity contribution in [2.75, 3.05) is 38.0 Å². The minimum absolute atomic E-state index is 0.00461. The number of rotatable bonds is 3. The van der Waals surface area contributed by atoms with Gasteiger partial charge in [-0.1, -0.05) is 0 Å². The fourth-order valence-electron chi connectivity index (χ4n) is 2.57. The minimum Gasteiger partial charge on any atom is -0.449 e. The molecular formula is C15H21N3O3. The van der Waals surface area contributed by atoms with Crippen molar-refractivity contribution in [2.45, 2.75) is 19.6 Å². The molecule has 2 heterocycles. The fourth-order valence-corrected chi connectivity index (χ4v) is 2.57. The molecule has 114 valence electrons. The number of ether oxygens (including phenoxy) is 2. The van der Waals surface area contributed by atoms with Crippen LogP contribution in [-0.4, -0.2) is 49.3 Å². The van der Waals surface area contributed by atoms with Crippen molar-refractivity contribution in [3.05, 3.63) is 18.2 Å². The van der Waals surface area contributed by atoms with Crippen molar-refractivity contribution in [2.24, 2.45) is 0 Å². The lowest BCUT2D eigenvalue weighted by molar-refractivity contribution is -0.117. The van der Waals surface area contributed by atoms with Crippen LogP contribution in [-0.2, 0) is 4.79 Å². The van der Waals surface area contributed by atoms with Crippen LogP contribution in [0.3, 0.4) is 0 Å². The van der Waals surface area contributed by atoms with E-state index in [0.29, 0.717) is 18.0 Å². The van der Waals surface area contributed by atoms with Gasteiger partial charge in [-0.25, -0.2) is 0 Å². The van der Waals surface area contributed by atoms with Crippen LogP contribution < -0.4 is 20.1 Å². The van der Waals surface area contributed by atoms with Gasteiger partial charge in [-0.15, -0.1) is 0 Å². The molecule has 3 rings (SSSR count). The van der Waals surface area contributed by atoms with Gasteiger partial charge < -0.3 is 20.1 Å². The molecule has 6 heteroatoms. The third-order valence-corrected chi connectivity index (χ3v) is 3.52. The molecule has 2 aliphatic heterocycles. The number of amides is 1. The first kappa shape index (κ1) is 14.2. The number of fused-ring (bicyclic) bond motifs is 1. The van der Waals surface area contributed by atoms with Gasteiger partial charge in [-0.3, -0.25) is 9.69 Å². The van der Waals surface area contributed by atoms with Crippen molar-refractivity contribution >= 4 is 11.6 Å². The summed E-state index contributed by atoms with van der Waals surface area (Å²) in [4.78, 5) is 14.2. The van der Waals surface area contributed by atoms with E-state index in [1.807, 2.05) is 26.0 Å². The number of anilines is 1. The molecule has 1 aromatic carbocycles. The van der Waals surface area contributed by atoms with E-state index in [1.54, 1.807) is 6.07 Å². The quantitative estimate of drug-likeness (QED) is 0.871. The van der Waals surface area contributed by atoms with Crippen LogP contribution in [0.5, 0.6) is 11.5 Å². The van der Waals surface area contributed by atoms with E-state index in [4.69, 9.17) is 9.47 Å². The van der Waals surface area contributed by atoms with E-state index >= 15 is 0 Å². The van der Waals surface area contributed by atoms with Gasteiger partial charge in [0.05, 0.1) is 6.54 Å². The Morgan fingerprint density at radius 1 is 1.29 bits per heavy atom. The molecule has 21 heavy (non-hydrogen) atoms. The molecule has 0 bridgehead atoms. The predicted octanol–water partition coefficient (Wildman–Crippen LogP) is 1.04. The van der Waals surface area contributed by atoms with Gasteiger partial charge in [0.2, 0.25) is 11.7 Å². The molecule has 1 fully saturated rings. The molecule has 0 aliphatic carbocycles. The number of carbonyl (C=O) groups excluding carboxylic acids is 1. The monoisotopic (exact) mass is 291 g/mol. The molecule has 0 saturated carbocycles. The molecule has 2 aliphatic rings. The Balaban J connectivity index is 1.59. The average molecular weight is 291 g/mol. The number of hydrogen-bond acceptors (Lipinski definition) is 5. The summed E-state index contributed by atoms with van der Waals surface area (Å²) >= 11 is 0. The topological polar surface area (TPSA) is 62.8 Å². The largest absolute Gasteiger partial charge is 0.449 e. The van der Waals surface area contributed by atoms with E-state index in [0.717, 1.165) is 31.9 Å². The van der Waals surface area contributed by atoms with Gasteiger partial charge in [0.15, 0.2) is 11.5 Å². The first-order valence-corrected chi connectivity index (χ1v) is 7.27. The summed E-state index contributed by atoms with van der Waals surface area (Å²) in [6.07, 6.45) is 0. The zero-order valence-electron chi connectivity index (χ0n) is 12.4. The smallest absolute Gasteiger partial charge is 0.246 e. The van der Waals surface area contributed by atoms with Crippen LogP contribution in [0.2, 0.25) is 0 Å². The van der Waals surface area contributed by atoms with E-state index in [-0.39, 0.29) is 5.91 Å². The van der Waals surface area contributed by atoms with E-state index in [9.17, 15) is 4.79 Å². The number of nitrogens with one attached hydrogen (secondary N) is 2. The van der Waals surface area contributed by atoms with Crippen molar-refractivity contribution < 1.29 is 14.3 Å². The maximum Gasteiger partial charge on any atom is 0.246 e. The third-order valence-electron chi connectivity index (χ3n) is 3.52. The van der Waals surface area contributed by atoms with Gasteiger partial charge in [-0.2, -0.15) is 0 Å². The SMILES string of the molecule is CC1(C)Oc2ccc(NC(=O)CN3CCNCC3)cc2O1. The van der Waals surface area contributed by atoms with Gasteiger partial charge in [0.1, 0.15) is 0 Å². The highest BCUT2D eigenvalue weighted by molar-refractivity contribution is 5.92. The van der Waals surface area contributed by atoms with Crippen molar-refractivity contribution in [1.82, 2.24) is 10.2 Å². The highest BCUT2D eigenvalue weighted by Gasteiger charge is 2.31. The van der Waals surface area contributed by atoms with E-state index < -0.39 is 5.79 Å². The standard InChI is InChI=1S/C15H21N3O3/c1-15(2)20-12-4-3-11(9-13(12)21-15)17-14(19)10-18-7-5-16-6-8-18/h3-4,9,16H,5-8,10H2,1-2H3,(H,17,19). The predicted molar refractivity (Wildman–Crippen MR) is 79.7 cm³/mol. The van der Waals surface area contributed by atoms with Crippen LogP contribution in [0.15, 0.2) is 18.2 Å². The molecular weight excluding hydrogens is 270 g/mol. The van der Waals surface area contributed by atoms with Crippen LogP contribution in [0.4, 0.5) is 5.69 Å². The van der Waals surface area contributed by atoms with Crippen LogP contribution in [0, 0.1) is 0 Å². The summed E-state index contributed by atoms with van der Waals surface area (Å²) in [6.45, 7) is 7.82. The zero-order valence-corrected chi connectivity index (χ0v) is 12.4. The third kappa shape index (κ3) is 3.46. The normalized spacial score (nSPS) is 20.3. The Bertz CT molecular complexity index is 539. The first-order chi connectivity index (χ1) is 10.0. The molecule has 1 aromatic rings. The lowest BCUT2D eigenvalue weighted by Crippen LogP contribution is -2.46. The summed E-state index contributed by atoms with van der Waals surface area (Å²) in [7, 11) is 0. The average Bonchev–Trinajstić information content (AvgIpc) is 2.73. The summed E-state index contributed by atoms with van der Waals surface area (Å²) in [5.41, 5.74) is 0.732. The number of hydrogen-bond donors (Lipinski definition) is 2. The number of benzene rings is 1. The molecule has 0 radical (unpaired) electrons. The highest BCUT2D eigenvalue weighted by atomic mass is 16.7. The fraction of sp³-hybridized carbons (Fsp3) is 0.533. The summed E-state index contributed by atoms with van der Waals surface area (Å²) in [5, 5.41) is 6.18. The maximum atomic E-state index is 12.1. The lowest BCUT2D eigenvalue weighted by Gasteiger charge is -2.26. The number of piperazine rings is 1. The van der Waals surface area contributed by atoms with Crippen LogP contribution in [0.1, 0.15) is 13.8 Å². The Kier molecular flexibility index (Phi) is 3.73. The Morgan fingerprint density at radius 2 is 2.00 bits per heavy atom. The molecule has 1 amide bonds. The van der Waals surface area contributed by atoms with E-state index in [2.05, 4.69) is 15.5 Å². The molecule has 0 atom stereocenters. The summed E-state index contributed by atoms with van der Waals surface area (Å²) < 4.78 is 11.3. The molecule has 0 unspecified atom stereocenters. The van der Waals surface area contributed by atoms with Crippen molar-refractivity contribution in [3.63, 3.8) is 0 Å². The summed E-state index contributed by atoms with van der Waals surface area (Å²) in [6, 6.07) is 5.46. The second-order valence-electron chi connectivity index (χ2n) is 5.84. The molecule has 2 N–H and O–H groups in total. The summed E-state index contributed by atoms with van der Waals surface area (Å²) in [5.74, 6) is 0.723. The van der Waals surface area contributed by atoms with Crippen molar-refractivity contribution in [3.8, 4) is 11.5 Å². The maximum absolute atomic E-state index is 12.1. The van der Waals surface area contributed by atoms with Gasteiger partial charge in [0, 0.05) is 51.8 Å². The Morgan fingerprint density at radius 3 is 2.76 bits per heavy atom. The van der Waals surface area contributed by atoms with Crippen molar-refractivity contribution in [1.29, 1.82) is 0 Å². The van der Waals surface area contributed by atoms with Gasteiger partial charge in [-0.05, 0) is 12.1 Å². The van der Waals surface area contributed by atoms with Crippen LogP contribution in [0.25, 0.3) is 0 Å². The number of carbonyl (C=O) groups is 1. The van der Waals surface area contributed by atoms with Gasteiger partial charge in [0.25, 0.3) is 0 Å². The van der Waals surface area contributed by atoms with E-state index in [1.165, 1.54) is 0 Å². The molecule has 0 aromatic heterocycles. The minimum atomic E-state index is -0.647. The van der Waals surface area contributed by atoms with Gasteiger partial charge >= 0.3 is 0 Å². The molecule has 0 spiro atoms. The second kappa shape index (κ2) is 5.54. The molecule has 1 saturated heterocycles. The second-order valence-corrected chi connectivity index (χ2v) is 5.84. The highest BCUT2D eigenvalue weighted by Crippen LogP contribution is 2.40. The zero-order chi connectivity index (χ0) is 14.9. The Hall–Kier alpha value is -1.79. The Labute approximate surface area is 124 Å². The first-order valence-electron chi connectivity index (χ1n) is 7.27. The molecule has 6 nitrogen and oxygen atoms in total. The number of nitrogens with zero attached hydrogens (tertiary/aromatic N) is 1.